The molecule has 3 rings (SSSR count). The molecule has 0 fully saturated rings. The first-order valence-corrected chi connectivity index (χ1v) is 6.62. The molecular weight excluding hydrogens is 218 g/mol. The highest BCUT2D eigenvalue weighted by molar-refractivity contribution is 5.42. The first kappa shape index (κ1) is 11.5. The van der Waals surface area contributed by atoms with Crippen LogP contribution in [0.2, 0.25) is 0 Å². The Morgan fingerprint density at radius 1 is 1.00 bits per heavy atom. The van der Waals surface area contributed by atoms with E-state index in [0.29, 0.717) is 6.04 Å². The van der Waals surface area contributed by atoms with E-state index in [4.69, 9.17) is 0 Å². The smallest absolute Gasteiger partial charge is 0.0364 e. The average molecular weight is 237 g/mol. The summed E-state index contributed by atoms with van der Waals surface area (Å²) in [5.74, 6) is 0. The topological polar surface area (TPSA) is 12.0 Å². The third kappa shape index (κ3) is 1.95. The Kier molecular flexibility index (Phi) is 2.92. The summed E-state index contributed by atoms with van der Waals surface area (Å²) >= 11 is 0. The minimum Gasteiger partial charge on any atom is -0.306 e. The van der Waals surface area contributed by atoms with Crippen LogP contribution < -0.4 is 5.32 Å². The molecule has 92 valence electrons. The van der Waals surface area contributed by atoms with E-state index in [1.165, 1.54) is 22.3 Å². The van der Waals surface area contributed by atoms with Gasteiger partial charge in [0.15, 0.2) is 0 Å². The largest absolute Gasteiger partial charge is 0.306 e. The summed E-state index contributed by atoms with van der Waals surface area (Å²) in [6.45, 7) is 5.44. The standard InChI is InChI=1S/C17H19N/c1-12-8-9-15-11-18-17(10-16(15)13(12)2)14-6-4-3-5-7-14/h3-9,17-18H,10-11H2,1-2H3. The van der Waals surface area contributed by atoms with E-state index in [0.717, 1.165) is 13.0 Å². The van der Waals surface area contributed by atoms with E-state index in [-0.39, 0.29) is 0 Å². The highest BCUT2D eigenvalue weighted by atomic mass is 14.9. The molecule has 0 amide bonds. The molecular formula is C17H19N. The quantitative estimate of drug-likeness (QED) is 0.797. The van der Waals surface area contributed by atoms with Gasteiger partial charge in [-0.2, -0.15) is 0 Å². The second kappa shape index (κ2) is 4.58. The fourth-order valence-electron chi connectivity index (χ4n) is 2.81. The van der Waals surface area contributed by atoms with Gasteiger partial charge in [-0.3, -0.25) is 0 Å². The molecule has 1 unspecified atom stereocenters. The highest BCUT2D eigenvalue weighted by Crippen LogP contribution is 2.29. The van der Waals surface area contributed by atoms with Gasteiger partial charge in [0, 0.05) is 12.6 Å². The predicted octanol–water partition coefficient (Wildman–Crippen LogP) is 3.69. The molecule has 1 N–H and O–H groups in total. The van der Waals surface area contributed by atoms with Gasteiger partial charge in [-0.1, -0.05) is 42.5 Å². The lowest BCUT2D eigenvalue weighted by molar-refractivity contribution is 0.497. The van der Waals surface area contributed by atoms with Gasteiger partial charge >= 0.3 is 0 Å². The summed E-state index contributed by atoms with van der Waals surface area (Å²) < 4.78 is 0. The lowest BCUT2D eigenvalue weighted by atomic mass is 9.87. The summed E-state index contributed by atoms with van der Waals surface area (Å²) in [6, 6.07) is 15.7. The van der Waals surface area contributed by atoms with Crippen LogP contribution in [0.25, 0.3) is 0 Å². The van der Waals surface area contributed by atoms with E-state index in [9.17, 15) is 0 Å². The maximum Gasteiger partial charge on any atom is 0.0364 e. The molecule has 0 saturated heterocycles. The molecule has 0 aliphatic carbocycles. The first-order chi connectivity index (χ1) is 8.75. The third-order valence-corrected chi connectivity index (χ3v) is 4.12. The van der Waals surface area contributed by atoms with Crippen molar-refractivity contribution < 1.29 is 0 Å². The summed E-state index contributed by atoms with van der Waals surface area (Å²) in [7, 11) is 0. The second-order valence-corrected chi connectivity index (χ2v) is 5.19. The third-order valence-electron chi connectivity index (χ3n) is 4.12. The Balaban J connectivity index is 1.96. The fraction of sp³-hybridized carbons (Fsp3) is 0.294. The zero-order valence-electron chi connectivity index (χ0n) is 11.0. The van der Waals surface area contributed by atoms with Gasteiger partial charge in [-0.25, -0.2) is 0 Å². The maximum atomic E-state index is 3.64. The Bertz CT molecular complexity index is 557. The number of benzene rings is 2. The van der Waals surface area contributed by atoms with E-state index < -0.39 is 0 Å². The molecule has 1 heteroatoms. The molecule has 0 aromatic heterocycles. The van der Waals surface area contributed by atoms with Gasteiger partial charge in [0.25, 0.3) is 0 Å². The number of hydrogen-bond acceptors (Lipinski definition) is 1. The Hall–Kier alpha value is -1.60. The maximum absolute atomic E-state index is 3.64. The van der Waals surface area contributed by atoms with Crippen LogP contribution >= 0.6 is 0 Å². The Morgan fingerprint density at radius 2 is 1.78 bits per heavy atom. The molecule has 1 heterocycles. The molecule has 0 saturated carbocycles. The van der Waals surface area contributed by atoms with Gasteiger partial charge < -0.3 is 5.32 Å². The summed E-state index contributed by atoms with van der Waals surface area (Å²) in [5.41, 5.74) is 7.27. The number of hydrogen-bond donors (Lipinski definition) is 1. The van der Waals surface area contributed by atoms with Gasteiger partial charge in [0.1, 0.15) is 0 Å². The van der Waals surface area contributed by atoms with Crippen LogP contribution in [-0.4, -0.2) is 0 Å². The van der Waals surface area contributed by atoms with Crippen molar-refractivity contribution in [1.29, 1.82) is 0 Å². The summed E-state index contributed by atoms with van der Waals surface area (Å²) in [4.78, 5) is 0. The van der Waals surface area contributed by atoms with Crippen molar-refractivity contribution in [1.82, 2.24) is 5.32 Å². The van der Waals surface area contributed by atoms with Gasteiger partial charge in [0.05, 0.1) is 0 Å². The van der Waals surface area contributed by atoms with E-state index in [1.54, 1.807) is 5.56 Å². The fourth-order valence-corrected chi connectivity index (χ4v) is 2.81. The number of fused-ring (bicyclic) bond motifs is 1. The zero-order chi connectivity index (χ0) is 12.5. The molecule has 1 aliphatic heterocycles. The van der Waals surface area contributed by atoms with Crippen LogP contribution in [0.3, 0.4) is 0 Å². The first-order valence-electron chi connectivity index (χ1n) is 6.62. The Morgan fingerprint density at radius 3 is 2.56 bits per heavy atom. The van der Waals surface area contributed by atoms with Crippen molar-refractivity contribution in [3.8, 4) is 0 Å². The number of nitrogens with one attached hydrogen (secondary N) is 1. The van der Waals surface area contributed by atoms with Crippen molar-refractivity contribution in [2.75, 3.05) is 0 Å². The Labute approximate surface area is 109 Å². The highest BCUT2D eigenvalue weighted by Gasteiger charge is 2.20. The van der Waals surface area contributed by atoms with Crippen LogP contribution in [0.4, 0.5) is 0 Å². The van der Waals surface area contributed by atoms with Gasteiger partial charge in [-0.15, -0.1) is 0 Å². The molecule has 0 radical (unpaired) electrons. The molecule has 1 nitrogen and oxygen atoms in total. The van der Waals surface area contributed by atoms with Crippen molar-refractivity contribution in [3.05, 3.63) is 70.3 Å². The predicted molar refractivity (Wildman–Crippen MR) is 75.6 cm³/mol. The monoisotopic (exact) mass is 237 g/mol. The van der Waals surface area contributed by atoms with Crippen LogP contribution in [0, 0.1) is 13.8 Å². The second-order valence-electron chi connectivity index (χ2n) is 5.19. The van der Waals surface area contributed by atoms with Crippen LogP contribution in [0.5, 0.6) is 0 Å². The van der Waals surface area contributed by atoms with Crippen molar-refractivity contribution in [2.24, 2.45) is 0 Å². The molecule has 1 aliphatic rings. The van der Waals surface area contributed by atoms with Crippen molar-refractivity contribution in [2.45, 2.75) is 32.9 Å². The molecule has 2 aromatic carbocycles. The molecule has 0 bridgehead atoms. The normalized spacial score (nSPS) is 18.4. The zero-order valence-corrected chi connectivity index (χ0v) is 11.0. The van der Waals surface area contributed by atoms with Crippen LogP contribution in [0.1, 0.15) is 33.9 Å². The number of aryl methyl sites for hydroxylation is 1. The number of rotatable bonds is 1. The van der Waals surface area contributed by atoms with Crippen LogP contribution in [0.15, 0.2) is 42.5 Å². The van der Waals surface area contributed by atoms with Crippen molar-refractivity contribution >= 4 is 0 Å². The minimum atomic E-state index is 0.458. The van der Waals surface area contributed by atoms with Crippen LogP contribution in [-0.2, 0) is 13.0 Å². The molecule has 0 spiro atoms. The lowest BCUT2D eigenvalue weighted by Gasteiger charge is -2.28. The molecule has 1 atom stereocenters. The van der Waals surface area contributed by atoms with Crippen molar-refractivity contribution in [3.63, 3.8) is 0 Å². The minimum absolute atomic E-state index is 0.458. The van der Waals surface area contributed by atoms with Gasteiger partial charge in [0.2, 0.25) is 0 Å². The SMILES string of the molecule is Cc1ccc2c(c1C)CC(c1ccccc1)NC2. The summed E-state index contributed by atoms with van der Waals surface area (Å²) in [6.07, 6.45) is 1.10. The lowest BCUT2D eigenvalue weighted by Crippen LogP contribution is -2.29. The van der Waals surface area contributed by atoms with E-state index >= 15 is 0 Å². The van der Waals surface area contributed by atoms with Gasteiger partial charge in [-0.05, 0) is 48.1 Å². The van der Waals surface area contributed by atoms with E-state index in [1.807, 2.05) is 0 Å². The van der Waals surface area contributed by atoms with E-state index in [2.05, 4.69) is 61.6 Å². The molecule has 18 heavy (non-hydrogen) atoms. The average Bonchev–Trinajstić information content (AvgIpc) is 2.44. The summed E-state index contributed by atoms with van der Waals surface area (Å²) in [5, 5.41) is 3.64. The molecule has 2 aromatic rings.